The zero-order valence-corrected chi connectivity index (χ0v) is 20.4. The minimum absolute atomic E-state index is 0.0760. The van der Waals surface area contributed by atoms with E-state index in [4.69, 9.17) is 10.3 Å². The highest BCUT2D eigenvalue weighted by molar-refractivity contribution is 5.91. The van der Waals surface area contributed by atoms with Crippen LogP contribution in [0.3, 0.4) is 0 Å². The van der Waals surface area contributed by atoms with Crippen molar-refractivity contribution in [2.75, 3.05) is 11.1 Å². The first-order valence-electron chi connectivity index (χ1n) is 11.7. The highest BCUT2D eigenvalue weighted by Gasteiger charge is 2.66. The Hall–Kier alpha value is -4.29. The fraction of sp³-hybridized carbons (Fsp3) is 0.320. The molecule has 0 spiro atoms. The summed E-state index contributed by atoms with van der Waals surface area (Å²) in [5.41, 5.74) is 6.83. The van der Waals surface area contributed by atoms with Crippen LogP contribution in [0, 0.1) is 12.7 Å². The van der Waals surface area contributed by atoms with Crippen LogP contribution in [0.25, 0.3) is 11.1 Å². The molecule has 1 fully saturated rings. The van der Waals surface area contributed by atoms with E-state index < -0.39 is 23.3 Å². The van der Waals surface area contributed by atoms with E-state index in [1.54, 1.807) is 10.7 Å². The summed E-state index contributed by atoms with van der Waals surface area (Å²) in [4.78, 5) is 21.1. The molecule has 1 aliphatic carbocycles. The lowest BCUT2D eigenvalue weighted by Gasteiger charge is -2.14. The summed E-state index contributed by atoms with van der Waals surface area (Å²) >= 11 is 0. The Morgan fingerprint density at radius 1 is 1.24 bits per heavy atom. The molecular weight excluding hydrogens is 506 g/mol. The Morgan fingerprint density at radius 3 is 2.61 bits per heavy atom. The number of nitrogen functional groups attached to an aromatic ring is 1. The molecule has 1 saturated carbocycles. The minimum Gasteiger partial charge on any atom is -0.383 e. The third kappa shape index (κ3) is 4.83. The third-order valence-corrected chi connectivity index (χ3v) is 6.59. The van der Waals surface area contributed by atoms with Crippen molar-refractivity contribution >= 4 is 17.5 Å². The van der Waals surface area contributed by atoms with Gasteiger partial charge in [-0.25, -0.2) is 14.4 Å². The Bertz CT molecular complexity index is 1520. The highest BCUT2D eigenvalue weighted by Crippen LogP contribution is 2.59. The molecule has 3 heterocycles. The van der Waals surface area contributed by atoms with Crippen LogP contribution in [0.4, 0.5) is 29.2 Å². The van der Waals surface area contributed by atoms with Gasteiger partial charge in [-0.3, -0.25) is 9.48 Å². The number of nitrogens with one attached hydrogen (secondary N) is 1. The van der Waals surface area contributed by atoms with Crippen LogP contribution in [0.5, 0.6) is 0 Å². The van der Waals surface area contributed by atoms with Gasteiger partial charge >= 0.3 is 6.18 Å². The lowest BCUT2D eigenvalue weighted by Crippen LogP contribution is -2.28. The molecule has 4 aromatic rings. The number of rotatable bonds is 7. The van der Waals surface area contributed by atoms with E-state index in [0.717, 1.165) is 17.3 Å². The van der Waals surface area contributed by atoms with Gasteiger partial charge in [0.15, 0.2) is 11.6 Å². The van der Waals surface area contributed by atoms with Crippen LogP contribution in [-0.2, 0) is 30.1 Å². The SMILES string of the molecule is Cc1nn(C)cc1Cc1ncc(-c2ccc(CC(=O)Nc3cc(C4(C(F)(F)F)CC4)on3)c(F)c2)c(N)n1. The summed E-state index contributed by atoms with van der Waals surface area (Å²) in [5, 5.41) is 10.2. The van der Waals surface area contributed by atoms with Crippen molar-refractivity contribution in [3.8, 4) is 11.1 Å². The van der Waals surface area contributed by atoms with E-state index in [9.17, 15) is 22.4 Å². The van der Waals surface area contributed by atoms with Gasteiger partial charge in [0.2, 0.25) is 5.91 Å². The first-order valence-corrected chi connectivity index (χ1v) is 11.7. The molecule has 9 nitrogen and oxygen atoms in total. The molecule has 1 amide bonds. The minimum atomic E-state index is -4.47. The van der Waals surface area contributed by atoms with Gasteiger partial charge < -0.3 is 15.6 Å². The molecule has 38 heavy (non-hydrogen) atoms. The zero-order valence-electron chi connectivity index (χ0n) is 20.4. The molecule has 0 saturated heterocycles. The molecule has 0 aliphatic heterocycles. The summed E-state index contributed by atoms with van der Waals surface area (Å²) in [7, 11) is 1.82. The largest absolute Gasteiger partial charge is 0.401 e. The van der Waals surface area contributed by atoms with Crippen LogP contribution in [-0.4, -0.2) is 37.0 Å². The van der Waals surface area contributed by atoms with Crippen molar-refractivity contribution in [2.24, 2.45) is 7.05 Å². The number of amides is 1. The maximum Gasteiger partial charge on any atom is 0.401 e. The number of aryl methyl sites for hydroxylation is 2. The Kier molecular flexibility index (Phi) is 6.16. The van der Waals surface area contributed by atoms with Gasteiger partial charge in [0.25, 0.3) is 0 Å². The molecule has 13 heteroatoms. The highest BCUT2D eigenvalue weighted by atomic mass is 19.4. The van der Waals surface area contributed by atoms with Crippen LogP contribution in [0.2, 0.25) is 0 Å². The summed E-state index contributed by atoms with van der Waals surface area (Å²) in [6.45, 7) is 1.89. The zero-order chi connectivity index (χ0) is 27.2. The number of nitrogens with zero attached hydrogens (tertiary/aromatic N) is 5. The molecule has 198 valence electrons. The first-order chi connectivity index (χ1) is 17.9. The number of halogens is 4. The molecular formula is C25H23F4N7O2. The first kappa shape index (κ1) is 25.4. The quantitative estimate of drug-likeness (QED) is 0.343. The van der Waals surface area contributed by atoms with E-state index in [-0.39, 0.29) is 42.2 Å². The van der Waals surface area contributed by atoms with Crippen molar-refractivity contribution < 1.29 is 26.9 Å². The average molecular weight is 529 g/mol. The fourth-order valence-electron chi connectivity index (χ4n) is 4.31. The number of nitrogens with two attached hydrogens (primary N) is 1. The number of hydrogen-bond acceptors (Lipinski definition) is 7. The molecule has 3 N–H and O–H groups in total. The van der Waals surface area contributed by atoms with E-state index >= 15 is 0 Å². The van der Waals surface area contributed by atoms with Crippen LogP contribution >= 0.6 is 0 Å². The van der Waals surface area contributed by atoms with Crippen LogP contribution in [0.1, 0.15) is 41.2 Å². The maximum absolute atomic E-state index is 14.8. The van der Waals surface area contributed by atoms with Crippen molar-refractivity contribution in [1.29, 1.82) is 0 Å². The van der Waals surface area contributed by atoms with Crippen molar-refractivity contribution in [2.45, 2.75) is 44.2 Å². The van der Waals surface area contributed by atoms with Gasteiger partial charge in [-0.05, 0) is 37.0 Å². The van der Waals surface area contributed by atoms with E-state index in [0.29, 0.717) is 23.4 Å². The summed E-state index contributed by atoms with van der Waals surface area (Å²) in [5.74, 6) is -1.17. The smallest absolute Gasteiger partial charge is 0.383 e. The number of hydrogen-bond donors (Lipinski definition) is 2. The normalized spacial score (nSPS) is 14.5. The topological polar surface area (TPSA) is 125 Å². The number of alkyl halides is 3. The van der Waals surface area contributed by atoms with Crippen LogP contribution < -0.4 is 11.1 Å². The standard InChI is InChI=1S/C25H23F4N7O2/c1-13-16(12-36(2)34-13)8-20-31-11-17(23(30)33-20)14-3-4-15(18(26)7-14)9-22(37)32-21-10-19(38-35-21)24(5-6-24)25(27,28)29/h3-4,7,10-12H,5-6,8-9H2,1-2H3,(H2,30,31,33)(H,32,35,37). The molecule has 0 bridgehead atoms. The lowest BCUT2D eigenvalue weighted by molar-refractivity contribution is -0.165. The summed E-state index contributed by atoms with van der Waals surface area (Å²) in [6, 6.07) is 5.28. The number of carbonyl (C=O) groups is 1. The molecule has 1 aromatic carbocycles. The van der Waals surface area contributed by atoms with Gasteiger partial charge in [0.1, 0.15) is 22.9 Å². The summed E-state index contributed by atoms with van der Waals surface area (Å²) < 4.78 is 61.1. The Morgan fingerprint density at radius 2 is 2.00 bits per heavy atom. The lowest BCUT2D eigenvalue weighted by atomic mass is 10.0. The van der Waals surface area contributed by atoms with E-state index in [2.05, 4.69) is 25.5 Å². The number of anilines is 2. The van der Waals surface area contributed by atoms with Gasteiger partial charge in [-0.15, -0.1) is 0 Å². The molecule has 0 atom stereocenters. The number of benzene rings is 1. The van der Waals surface area contributed by atoms with Gasteiger partial charge in [0.05, 0.1) is 12.1 Å². The molecule has 0 radical (unpaired) electrons. The van der Waals surface area contributed by atoms with Crippen molar-refractivity contribution in [3.63, 3.8) is 0 Å². The van der Waals surface area contributed by atoms with E-state index in [1.807, 2.05) is 20.2 Å². The Labute approximate surface area is 214 Å². The second-order valence-electron chi connectivity index (χ2n) is 9.36. The van der Waals surface area contributed by atoms with Gasteiger partial charge in [-0.1, -0.05) is 17.3 Å². The molecule has 3 aromatic heterocycles. The Balaban J connectivity index is 1.25. The van der Waals surface area contributed by atoms with E-state index in [1.165, 1.54) is 18.3 Å². The van der Waals surface area contributed by atoms with Crippen molar-refractivity contribution in [1.82, 2.24) is 24.9 Å². The van der Waals surface area contributed by atoms with Gasteiger partial charge in [-0.2, -0.15) is 18.3 Å². The maximum atomic E-state index is 14.8. The molecule has 1 aliphatic rings. The van der Waals surface area contributed by atoms with Crippen LogP contribution in [0.15, 0.2) is 41.2 Å². The van der Waals surface area contributed by atoms with Gasteiger partial charge in [0, 0.05) is 43.1 Å². The average Bonchev–Trinajstić information content (AvgIpc) is 3.44. The van der Waals surface area contributed by atoms with Crippen molar-refractivity contribution in [3.05, 3.63) is 70.9 Å². The molecule has 0 unspecified atom stereocenters. The fourth-order valence-corrected chi connectivity index (χ4v) is 4.31. The predicted molar refractivity (Wildman–Crippen MR) is 128 cm³/mol. The second-order valence-corrected chi connectivity index (χ2v) is 9.36. The number of carbonyl (C=O) groups excluding carboxylic acids is 1. The second kappa shape index (κ2) is 9.23. The monoisotopic (exact) mass is 529 g/mol. The third-order valence-electron chi connectivity index (χ3n) is 6.59. The summed E-state index contributed by atoms with van der Waals surface area (Å²) in [6.07, 6.45) is -1.20. The number of aromatic nitrogens is 5. The molecule has 5 rings (SSSR count). The predicted octanol–water partition coefficient (Wildman–Crippen LogP) is 4.26.